The predicted molar refractivity (Wildman–Crippen MR) is 47.5 cm³/mol. The van der Waals surface area contributed by atoms with E-state index in [2.05, 4.69) is 9.72 Å². The normalized spacial score (nSPS) is 11.3. The predicted octanol–water partition coefficient (Wildman–Crippen LogP) is 2.12. The van der Waals surface area contributed by atoms with Crippen molar-refractivity contribution in [2.45, 2.75) is 13.1 Å². The second-order valence-corrected chi connectivity index (χ2v) is 3.01. The number of methoxy groups -OCH3 is 1. The van der Waals surface area contributed by atoms with Crippen LogP contribution in [-0.2, 0) is 6.18 Å². The molecule has 88 valence electrons. The summed E-state index contributed by atoms with van der Waals surface area (Å²) in [6.07, 6.45) is -4.63. The van der Waals surface area contributed by atoms with Gasteiger partial charge in [0.05, 0.1) is 7.11 Å². The van der Waals surface area contributed by atoms with Gasteiger partial charge in [0.25, 0.3) is 0 Å². The molecule has 4 nitrogen and oxygen atoms in total. The van der Waals surface area contributed by atoms with Crippen LogP contribution in [0.5, 0.6) is 5.88 Å². The van der Waals surface area contributed by atoms with Gasteiger partial charge in [0.2, 0.25) is 5.88 Å². The van der Waals surface area contributed by atoms with E-state index in [9.17, 15) is 18.0 Å². The van der Waals surface area contributed by atoms with Crippen LogP contribution in [0.3, 0.4) is 0 Å². The molecule has 0 atom stereocenters. The fraction of sp³-hybridized carbons (Fsp3) is 0.333. The van der Waals surface area contributed by atoms with Gasteiger partial charge < -0.3 is 9.84 Å². The Morgan fingerprint density at radius 2 is 2.06 bits per heavy atom. The standard InChI is InChI=1S/C9H8F3NO3/c1-4-3-5(8(14)15)7(16-2)13-6(4)9(10,11)12/h3H,1-2H3,(H,14,15). The molecule has 1 N–H and O–H groups in total. The van der Waals surface area contributed by atoms with E-state index in [4.69, 9.17) is 5.11 Å². The molecule has 0 bridgehead atoms. The van der Waals surface area contributed by atoms with E-state index in [1.807, 2.05) is 0 Å². The van der Waals surface area contributed by atoms with E-state index in [1.165, 1.54) is 0 Å². The minimum atomic E-state index is -4.63. The smallest absolute Gasteiger partial charge is 0.433 e. The number of halogens is 3. The van der Waals surface area contributed by atoms with Crippen molar-refractivity contribution in [1.29, 1.82) is 0 Å². The molecule has 0 saturated heterocycles. The lowest BCUT2D eigenvalue weighted by Gasteiger charge is -2.12. The molecule has 0 aliphatic heterocycles. The molecule has 0 spiro atoms. The molecule has 0 amide bonds. The monoisotopic (exact) mass is 235 g/mol. The topological polar surface area (TPSA) is 59.4 Å². The van der Waals surface area contributed by atoms with Crippen LogP contribution in [0, 0.1) is 6.92 Å². The molecule has 0 aromatic carbocycles. The number of rotatable bonds is 2. The molecule has 7 heteroatoms. The zero-order valence-electron chi connectivity index (χ0n) is 8.42. The van der Waals surface area contributed by atoms with Gasteiger partial charge in [0, 0.05) is 0 Å². The molecule has 1 aromatic rings. The molecule has 1 aromatic heterocycles. The average molecular weight is 235 g/mol. The third-order valence-corrected chi connectivity index (χ3v) is 1.87. The molecule has 0 aliphatic carbocycles. The van der Waals surface area contributed by atoms with Crippen molar-refractivity contribution in [2.75, 3.05) is 7.11 Å². The summed E-state index contributed by atoms with van der Waals surface area (Å²) < 4.78 is 41.8. The number of carbonyl (C=O) groups is 1. The van der Waals surface area contributed by atoms with Crippen LogP contribution in [0.4, 0.5) is 13.2 Å². The maximum Gasteiger partial charge on any atom is 0.433 e. The maximum absolute atomic E-state index is 12.4. The summed E-state index contributed by atoms with van der Waals surface area (Å²) in [7, 11) is 1.06. The Kier molecular flexibility index (Phi) is 3.06. The van der Waals surface area contributed by atoms with E-state index in [0.717, 1.165) is 20.1 Å². The number of aromatic carboxylic acids is 1. The molecule has 16 heavy (non-hydrogen) atoms. The Balaban J connectivity index is 3.43. The van der Waals surface area contributed by atoms with Gasteiger partial charge in [-0.3, -0.25) is 0 Å². The third-order valence-electron chi connectivity index (χ3n) is 1.87. The van der Waals surface area contributed by atoms with Crippen LogP contribution in [0.15, 0.2) is 6.07 Å². The number of pyridine rings is 1. The first-order valence-corrected chi connectivity index (χ1v) is 4.13. The molecular formula is C9H8F3NO3. The Morgan fingerprint density at radius 3 is 2.44 bits per heavy atom. The number of hydrogen-bond acceptors (Lipinski definition) is 3. The van der Waals surface area contributed by atoms with Crippen molar-refractivity contribution in [2.24, 2.45) is 0 Å². The highest BCUT2D eigenvalue weighted by Crippen LogP contribution is 2.32. The Morgan fingerprint density at radius 1 is 1.50 bits per heavy atom. The van der Waals surface area contributed by atoms with Crippen molar-refractivity contribution < 1.29 is 27.8 Å². The fourth-order valence-electron chi connectivity index (χ4n) is 1.19. The highest BCUT2D eigenvalue weighted by molar-refractivity contribution is 5.90. The molecule has 0 aliphatic rings. The second kappa shape index (κ2) is 3.99. The van der Waals surface area contributed by atoms with E-state index in [-0.39, 0.29) is 5.56 Å². The minimum Gasteiger partial charge on any atom is -0.480 e. The lowest BCUT2D eigenvalue weighted by atomic mass is 10.1. The molecule has 1 heterocycles. The van der Waals surface area contributed by atoms with Crippen LogP contribution < -0.4 is 4.74 Å². The summed E-state index contributed by atoms with van der Waals surface area (Å²) in [6.45, 7) is 1.14. The maximum atomic E-state index is 12.4. The molecule has 1 rings (SSSR count). The quantitative estimate of drug-likeness (QED) is 0.852. The minimum absolute atomic E-state index is 0.259. The molecule has 0 unspecified atom stereocenters. The van der Waals surface area contributed by atoms with Crippen LogP contribution in [-0.4, -0.2) is 23.2 Å². The first kappa shape index (κ1) is 12.3. The molecular weight excluding hydrogens is 227 g/mol. The lowest BCUT2D eigenvalue weighted by Crippen LogP contribution is -2.14. The summed E-state index contributed by atoms with van der Waals surface area (Å²) in [5.41, 5.74) is -1.80. The number of nitrogens with zero attached hydrogens (tertiary/aromatic N) is 1. The summed E-state index contributed by atoms with van der Waals surface area (Å²) >= 11 is 0. The summed E-state index contributed by atoms with van der Waals surface area (Å²) in [4.78, 5) is 13.8. The molecule has 0 fully saturated rings. The number of aryl methyl sites for hydroxylation is 1. The van der Waals surface area contributed by atoms with E-state index in [0.29, 0.717) is 0 Å². The van der Waals surface area contributed by atoms with Crippen molar-refractivity contribution in [3.8, 4) is 5.88 Å². The molecule has 0 radical (unpaired) electrons. The van der Waals surface area contributed by atoms with Gasteiger partial charge in [0.1, 0.15) is 5.56 Å². The zero-order valence-corrected chi connectivity index (χ0v) is 8.42. The van der Waals surface area contributed by atoms with Gasteiger partial charge in [-0.25, -0.2) is 9.78 Å². The van der Waals surface area contributed by atoms with Crippen molar-refractivity contribution in [3.63, 3.8) is 0 Å². The number of carboxylic acids is 1. The van der Waals surface area contributed by atoms with E-state index < -0.39 is 29.3 Å². The molecule has 0 saturated carbocycles. The number of aromatic nitrogens is 1. The number of ether oxygens (including phenoxy) is 1. The number of carboxylic acid groups (broad SMARTS) is 1. The summed E-state index contributed by atoms with van der Waals surface area (Å²) in [5.74, 6) is -1.94. The zero-order chi connectivity index (χ0) is 12.5. The van der Waals surface area contributed by atoms with Gasteiger partial charge in [-0.15, -0.1) is 0 Å². The lowest BCUT2D eigenvalue weighted by molar-refractivity contribution is -0.141. The largest absolute Gasteiger partial charge is 0.480 e. The van der Waals surface area contributed by atoms with Crippen LogP contribution in [0.1, 0.15) is 21.6 Å². The third kappa shape index (κ3) is 2.23. The summed E-state index contributed by atoms with van der Waals surface area (Å²) in [5, 5.41) is 8.71. The van der Waals surface area contributed by atoms with Crippen molar-refractivity contribution in [1.82, 2.24) is 4.98 Å². The Labute approximate surface area is 88.7 Å². The Bertz CT molecular complexity index is 429. The van der Waals surface area contributed by atoms with E-state index >= 15 is 0 Å². The van der Waals surface area contributed by atoms with Gasteiger partial charge in [0.15, 0.2) is 5.69 Å². The second-order valence-electron chi connectivity index (χ2n) is 3.01. The van der Waals surface area contributed by atoms with Gasteiger partial charge in [-0.1, -0.05) is 0 Å². The highest BCUT2D eigenvalue weighted by atomic mass is 19.4. The van der Waals surface area contributed by atoms with Crippen LogP contribution in [0.25, 0.3) is 0 Å². The highest BCUT2D eigenvalue weighted by Gasteiger charge is 2.36. The first-order valence-electron chi connectivity index (χ1n) is 4.13. The van der Waals surface area contributed by atoms with Gasteiger partial charge >= 0.3 is 12.1 Å². The van der Waals surface area contributed by atoms with E-state index in [1.54, 1.807) is 0 Å². The summed E-state index contributed by atoms with van der Waals surface area (Å²) in [6, 6.07) is 0.886. The number of alkyl halides is 3. The van der Waals surface area contributed by atoms with Gasteiger partial charge in [-0.05, 0) is 18.6 Å². The Hall–Kier alpha value is -1.79. The average Bonchev–Trinajstić information content (AvgIpc) is 2.15. The SMILES string of the molecule is COc1nc(C(F)(F)F)c(C)cc1C(=O)O. The van der Waals surface area contributed by atoms with Crippen LogP contribution >= 0.6 is 0 Å². The van der Waals surface area contributed by atoms with Crippen molar-refractivity contribution >= 4 is 5.97 Å². The van der Waals surface area contributed by atoms with Gasteiger partial charge in [-0.2, -0.15) is 13.2 Å². The van der Waals surface area contributed by atoms with Crippen LogP contribution in [0.2, 0.25) is 0 Å². The van der Waals surface area contributed by atoms with Crippen molar-refractivity contribution in [3.05, 3.63) is 22.9 Å². The fourth-order valence-corrected chi connectivity index (χ4v) is 1.19. The number of hydrogen-bond donors (Lipinski definition) is 1. The first-order chi connectivity index (χ1) is 7.27.